The monoisotopic (exact) mass is 456 g/mol. The Labute approximate surface area is 186 Å². The summed E-state index contributed by atoms with van der Waals surface area (Å²) in [5.41, 5.74) is 2.39. The normalized spacial score (nSPS) is 11.6. The van der Waals surface area contributed by atoms with Crippen molar-refractivity contribution in [2.45, 2.75) is 30.6 Å². The molecule has 32 heavy (non-hydrogen) atoms. The molecule has 1 amide bonds. The van der Waals surface area contributed by atoms with Crippen LogP contribution in [0, 0.1) is 6.92 Å². The molecule has 0 aliphatic rings. The van der Waals surface area contributed by atoms with Crippen molar-refractivity contribution < 1.29 is 18.0 Å². The predicted octanol–water partition coefficient (Wildman–Crippen LogP) is 5.69. The van der Waals surface area contributed by atoms with Gasteiger partial charge < -0.3 is 9.88 Å². The van der Waals surface area contributed by atoms with Crippen LogP contribution in [0.5, 0.6) is 0 Å². The maximum Gasteiger partial charge on any atom is 0.418 e. The number of imidazole rings is 1. The molecule has 2 aromatic heterocycles. The van der Waals surface area contributed by atoms with Gasteiger partial charge in [0.1, 0.15) is 6.54 Å². The molecule has 4 aromatic rings. The summed E-state index contributed by atoms with van der Waals surface area (Å²) in [7, 11) is 0. The van der Waals surface area contributed by atoms with Crippen LogP contribution in [0.25, 0.3) is 11.0 Å². The SMILES string of the molecule is Cc1ccc(CSc2nc3ccncc3n2CC(=O)Nc2ccccc2C(F)(F)F)cc1. The van der Waals surface area contributed by atoms with Crippen LogP contribution in [0.1, 0.15) is 16.7 Å². The lowest BCUT2D eigenvalue weighted by Gasteiger charge is -2.14. The van der Waals surface area contributed by atoms with Crippen LogP contribution in [0.15, 0.2) is 72.1 Å². The van der Waals surface area contributed by atoms with E-state index in [2.05, 4.69) is 15.3 Å². The minimum Gasteiger partial charge on any atom is -0.324 e. The highest BCUT2D eigenvalue weighted by atomic mass is 32.2. The van der Waals surface area contributed by atoms with Gasteiger partial charge in [0.25, 0.3) is 0 Å². The van der Waals surface area contributed by atoms with E-state index in [0.29, 0.717) is 21.9 Å². The number of nitrogens with one attached hydrogen (secondary N) is 1. The van der Waals surface area contributed by atoms with Crippen LogP contribution >= 0.6 is 11.8 Å². The van der Waals surface area contributed by atoms with Crippen LogP contribution in [-0.4, -0.2) is 20.4 Å². The molecule has 0 aliphatic heterocycles. The molecule has 0 spiro atoms. The van der Waals surface area contributed by atoms with Gasteiger partial charge in [0, 0.05) is 11.9 Å². The Bertz CT molecular complexity index is 1250. The standard InChI is InChI=1S/C23H19F3N4OS/c1-15-6-8-16(9-7-15)14-32-22-29-19-10-11-27-12-20(19)30(22)13-21(31)28-18-5-3-2-4-17(18)23(24,25)26/h2-12H,13-14H2,1H3,(H,28,31). The zero-order valence-corrected chi connectivity index (χ0v) is 17.9. The maximum atomic E-state index is 13.3. The molecule has 164 valence electrons. The second kappa shape index (κ2) is 9.04. The molecule has 1 N–H and O–H groups in total. The zero-order chi connectivity index (χ0) is 22.7. The van der Waals surface area contributed by atoms with Gasteiger partial charge in [-0.2, -0.15) is 13.2 Å². The zero-order valence-electron chi connectivity index (χ0n) is 17.1. The Hall–Kier alpha value is -3.33. The number of hydrogen-bond donors (Lipinski definition) is 1. The number of aryl methyl sites for hydroxylation is 1. The topological polar surface area (TPSA) is 59.8 Å². The molecule has 0 bridgehead atoms. The summed E-state index contributed by atoms with van der Waals surface area (Å²) in [6.45, 7) is 1.82. The predicted molar refractivity (Wildman–Crippen MR) is 118 cm³/mol. The van der Waals surface area contributed by atoms with Crippen LogP contribution in [0.2, 0.25) is 0 Å². The van der Waals surface area contributed by atoms with Crippen LogP contribution < -0.4 is 5.32 Å². The molecular formula is C23H19F3N4OS. The number of alkyl halides is 3. The highest BCUT2D eigenvalue weighted by Gasteiger charge is 2.33. The van der Waals surface area contributed by atoms with Gasteiger partial charge in [-0.1, -0.05) is 53.7 Å². The number of para-hydroxylation sites is 1. The number of nitrogens with zero attached hydrogens (tertiary/aromatic N) is 3. The molecule has 0 radical (unpaired) electrons. The highest BCUT2D eigenvalue weighted by Crippen LogP contribution is 2.34. The van der Waals surface area contributed by atoms with Crippen LogP contribution in [-0.2, 0) is 23.3 Å². The van der Waals surface area contributed by atoms with Crippen molar-refractivity contribution in [1.29, 1.82) is 0 Å². The van der Waals surface area contributed by atoms with E-state index in [-0.39, 0.29) is 12.2 Å². The number of rotatable bonds is 6. The van der Waals surface area contributed by atoms with E-state index in [1.807, 2.05) is 31.2 Å². The quantitative estimate of drug-likeness (QED) is 0.379. The second-order valence-electron chi connectivity index (χ2n) is 7.21. The largest absolute Gasteiger partial charge is 0.418 e. The Balaban J connectivity index is 1.58. The Morgan fingerprint density at radius 2 is 1.84 bits per heavy atom. The maximum absolute atomic E-state index is 13.3. The first kappa shape index (κ1) is 21.9. The van der Waals surface area contributed by atoms with Crippen molar-refractivity contribution in [2.24, 2.45) is 0 Å². The van der Waals surface area contributed by atoms with Crippen molar-refractivity contribution in [3.63, 3.8) is 0 Å². The Kier molecular flexibility index (Phi) is 6.18. The number of halogens is 3. The molecule has 0 fully saturated rings. The molecule has 4 rings (SSSR count). The summed E-state index contributed by atoms with van der Waals surface area (Å²) in [6, 6.07) is 14.7. The van der Waals surface area contributed by atoms with Gasteiger partial charge in [-0.25, -0.2) is 4.98 Å². The van der Waals surface area contributed by atoms with Crippen molar-refractivity contribution >= 4 is 34.4 Å². The number of anilines is 1. The van der Waals surface area contributed by atoms with Gasteiger partial charge in [0.05, 0.1) is 28.5 Å². The number of thioether (sulfide) groups is 1. The Morgan fingerprint density at radius 3 is 2.59 bits per heavy atom. The Morgan fingerprint density at radius 1 is 1.09 bits per heavy atom. The number of hydrogen-bond acceptors (Lipinski definition) is 4. The number of fused-ring (bicyclic) bond motifs is 1. The number of benzene rings is 2. The van der Waals surface area contributed by atoms with E-state index in [9.17, 15) is 18.0 Å². The van der Waals surface area contributed by atoms with Crippen molar-refractivity contribution in [1.82, 2.24) is 14.5 Å². The van der Waals surface area contributed by atoms with Crippen LogP contribution in [0.3, 0.4) is 0 Å². The van der Waals surface area contributed by atoms with Gasteiger partial charge in [-0.05, 0) is 30.7 Å². The fourth-order valence-electron chi connectivity index (χ4n) is 3.22. The number of pyridine rings is 1. The summed E-state index contributed by atoms with van der Waals surface area (Å²) in [5.74, 6) is 0.0530. The molecule has 0 unspecified atom stereocenters. The third-order valence-electron chi connectivity index (χ3n) is 4.81. The van der Waals surface area contributed by atoms with E-state index < -0.39 is 17.6 Å². The van der Waals surface area contributed by atoms with Crippen LogP contribution in [0.4, 0.5) is 18.9 Å². The molecule has 5 nitrogen and oxygen atoms in total. The third kappa shape index (κ3) is 4.94. The lowest BCUT2D eigenvalue weighted by molar-refractivity contribution is -0.137. The van der Waals surface area contributed by atoms with E-state index in [1.54, 1.807) is 23.0 Å². The molecular weight excluding hydrogens is 437 g/mol. The first-order chi connectivity index (χ1) is 15.3. The minimum absolute atomic E-state index is 0.190. The summed E-state index contributed by atoms with van der Waals surface area (Å²) in [6.07, 6.45) is -1.37. The average molecular weight is 456 g/mol. The molecule has 0 saturated carbocycles. The second-order valence-corrected chi connectivity index (χ2v) is 8.15. The molecule has 9 heteroatoms. The van der Waals surface area contributed by atoms with Crippen molar-refractivity contribution in [2.75, 3.05) is 5.32 Å². The van der Waals surface area contributed by atoms with Gasteiger partial charge in [-0.3, -0.25) is 9.78 Å². The average Bonchev–Trinajstić information content (AvgIpc) is 3.10. The fraction of sp³-hybridized carbons (Fsp3) is 0.174. The van der Waals surface area contributed by atoms with Gasteiger partial charge in [0.2, 0.25) is 5.91 Å². The van der Waals surface area contributed by atoms with Gasteiger partial charge in [-0.15, -0.1) is 0 Å². The summed E-state index contributed by atoms with van der Waals surface area (Å²) >= 11 is 1.45. The van der Waals surface area contributed by atoms with E-state index in [0.717, 1.165) is 17.2 Å². The number of carbonyl (C=O) groups is 1. The fourth-order valence-corrected chi connectivity index (χ4v) is 4.19. The van der Waals surface area contributed by atoms with Gasteiger partial charge >= 0.3 is 6.18 Å². The molecule has 2 heterocycles. The minimum atomic E-state index is -4.56. The highest BCUT2D eigenvalue weighted by molar-refractivity contribution is 7.98. The first-order valence-corrected chi connectivity index (χ1v) is 10.7. The number of amides is 1. The number of aromatic nitrogens is 3. The molecule has 2 aromatic carbocycles. The van der Waals surface area contributed by atoms with E-state index in [4.69, 9.17) is 0 Å². The lowest BCUT2D eigenvalue weighted by atomic mass is 10.1. The number of carbonyl (C=O) groups excluding carboxylic acids is 1. The molecule has 0 aliphatic carbocycles. The summed E-state index contributed by atoms with van der Waals surface area (Å²) in [5, 5.41) is 2.98. The molecule has 0 atom stereocenters. The smallest absolute Gasteiger partial charge is 0.324 e. The third-order valence-corrected chi connectivity index (χ3v) is 5.86. The van der Waals surface area contributed by atoms with E-state index in [1.165, 1.54) is 30.0 Å². The van der Waals surface area contributed by atoms with Gasteiger partial charge in [0.15, 0.2) is 5.16 Å². The summed E-state index contributed by atoms with van der Waals surface area (Å²) < 4.78 is 41.4. The summed E-state index contributed by atoms with van der Waals surface area (Å²) in [4.78, 5) is 21.4. The van der Waals surface area contributed by atoms with E-state index >= 15 is 0 Å². The lowest BCUT2D eigenvalue weighted by Crippen LogP contribution is -2.21. The molecule has 0 saturated heterocycles. The van der Waals surface area contributed by atoms with Crippen molar-refractivity contribution in [3.8, 4) is 0 Å². The van der Waals surface area contributed by atoms with Crippen molar-refractivity contribution in [3.05, 3.63) is 83.7 Å². The first-order valence-electron chi connectivity index (χ1n) is 9.76.